The van der Waals surface area contributed by atoms with Crippen LogP contribution in [0.4, 0.5) is 5.69 Å². The minimum absolute atomic E-state index is 0.179. The summed E-state index contributed by atoms with van der Waals surface area (Å²) in [6.07, 6.45) is 4.87. The van der Waals surface area contributed by atoms with Crippen molar-refractivity contribution in [2.45, 2.75) is 25.4 Å². The van der Waals surface area contributed by atoms with Crippen LogP contribution < -0.4 is 14.8 Å². The van der Waals surface area contributed by atoms with Gasteiger partial charge in [0, 0.05) is 23.5 Å². The minimum atomic E-state index is -1.10. The first-order chi connectivity index (χ1) is 12.5. The van der Waals surface area contributed by atoms with Gasteiger partial charge in [-0.3, -0.25) is 4.79 Å². The molecule has 0 unspecified atom stereocenters. The molecule has 8 heteroatoms. The van der Waals surface area contributed by atoms with Crippen molar-refractivity contribution in [1.82, 2.24) is 4.98 Å². The number of hydrogen-bond donors (Lipinski definition) is 2. The molecule has 1 amide bonds. The number of rotatable bonds is 7. The SMILES string of the molecule is O=C(O)COc1ccc(NC(=O)c2ccnc(OC3CCC3)c2)cc1Cl. The first-order valence-electron chi connectivity index (χ1n) is 8.09. The Hall–Kier alpha value is -2.80. The van der Waals surface area contributed by atoms with Crippen molar-refractivity contribution in [3.63, 3.8) is 0 Å². The number of amides is 1. The lowest BCUT2D eigenvalue weighted by Gasteiger charge is -2.25. The van der Waals surface area contributed by atoms with E-state index in [1.54, 1.807) is 18.2 Å². The number of anilines is 1. The summed E-state index contributed by atoms with van der Waals surface area (Å²) in [4.78, 5) is 27.1. The summed E-state index contributed by atoms with van der Waals surface area (Å²) in [6, 6.07) is 7.75. The largest absolute Gasteiger partial charge is 0.480 e. The number of aromatic nitrogens is 1. The second kappa shape index (κ2) is 8.05. The summed E-state index contributed by atoms with van der Waals surface area (Å²) < 4.78 is 10.7. The molecule has 1 fully saturated rings. The van der Waals surface area contributed by atoms with Crippen LogP contribution in [-0.2, 0) is 4.79 Å². The van der Waals surface area contributed by atoms with Crippen molar-refractivity contribution in [3.05, 3.63) is 47.1 Å². The average Bonchev–Trinajstić information content (AvgIpc) is 2.57. The average molecular weight is 377 g/mol. The zero-order valence-electron chi connectivity index (χ0n) is 13.8. The van der Waals surface area contributed by atoms with E-state index in [1.807, 2.05) is 0 Å². The summed E-state index contributed by atoms with van der Waals surface area (Å²) in [5, 5.41) is 11.5. The Labute approximate surface area is 154 Å². The van der Waals surface area contributed by atoms with Crippen LogP contribution in [0.2, 0.25) is 5.02 Å². The van der Waals surface area contributed by atoms with Crippen molar-refractivity contribution in [3.8, 4) is 11.6 Å². The number of pyridine rings is 1. The van der Waals surface area contributed by atoms with Gasteiger partial charge in [0.2, 0.25) is 5.88 Å². The number of ether oxygens (including phenoxy) is 2. The highest BCUT2D eigenvalue weighted by Crippen LogP contribution is 2.28. The standard InChI is InChI=1S/C18H17ClN2O5/c19-14-9-12(4-5-15(14)25-10-17(22)23)21-18(24)11-6-7-20-16(8-11)26-13-2-1-3-13/h4-9,13H,1-3,10H2,(H,21,24)(H,22,23). The minimum Gasteiger partial charge on any atom is -0.480 e. The number of carboxylic acids is 1. The summed E-state index contributed by atoms with van der Waals surface area (Å²) in [5.41, 5.74) is 0.873. The number of benzene rings is 1. The molecule has 136 valence electrons. The van der Waals surface area contributed by atoms with Crippen molar-refractivity contribution < 1.29 is 24.2 Å². The normalized spacial score (nSPS) is 13.6. The van der Waals surface area contributed by atoms with Crippen molar-refractivity contribution in [2.75, 3.05) is 11.9 Å². The Bertz CT molecular complexity index is 823. The van der Waals surface area contributed by atoms with Gasteiger partial charge in [-0.15, -0.1) is 0 Å². The number of nitrogens with zero attached hydrogens (tertiary/aromatic N) is 1. The molecule has 0 radical (unpaired) electrons. The molecule has 2 aromatic rings. The lowest BCUT2D eigenvalue weighted by molar-refractivity contribution is -0.139. The third kappa shape index (κ3) is 4.64. The molecule has 0 atom stereocenters. The fraction of sp³-hybridized carbons (Fsp3) is 0.278. The highest BCUT2D eigenvalue weighted by molar-refractivity contribution is 6.32. The van der Waals surface area contributed by atoms with Crippen LogP contribution >= 0.6 is 11.6 Å². The summed E-state index contributed by atoms with van der Waals surface area (Å²) in [7, 11) is 0. The third-order valence-corrected chi connectivity index (χ3v) is 4.17. The maximum Gasteiger partial charge on any atom is 0.341 e. The summed E-state index contributed by atoms with van der Waals surface area (Å²) in [6.45, 7) is -0.494. The van der Waals surface area contributed by atoms with Crippen LogP contribution in [0.1, 0.15) is 29.6 Å². The number of aliphatic carboxylic acids is 1. The molecule has 2 N–H and O–H groups in total. The number of carbonyl (C=O) groups is 2. The first-order valence-corrected chi connectivity index (χ1v) is 8.47. The molecule has 3 rings (SSSR count). The lowest BCUT2D eigenvalue weighted by Crippen LogP contribution is -2.25. The molecule has 1 aliphatic rings. The van der Waals surface area contributed by atoms with Gasteiger partial charge in [-0.2, -0.15) is 0 Å². The van der Waals surface area contributed by atoms with E-state index < -0.39 is 12.6 Å². The second-order valence-corrected chi connectivity index (χ2v) is 6.24. The van der Waals surface area contributed by atoms with Gasteiger partial charge >= 0.3 is 5.97 Å². The van der Waals surface area contributed by atoms with Crippen LogP contribution in [0.5, 0.6) is 11.6 Å². The van der Waals surface area contributed by atoms with E-state index in [9.17, 15) is 9.59 Å². The van der Waals surface area contributed by atoms with Gasteiger partial charge in [-0.05, 0) is 43.5 Å². The molecule has 26 heavy (non-hydrogen) atoms. The molecular weight excluding hydrogens is 360 g/mol. The number of halogens is 1. The van der Waals surface area contributed by atoms with E-state index in [0.29, 0.717) is 17.1 Å². The number of carboxylic acid groups (broad SMARTS) is 1. The molecule has 1 aromatic heterocycles. The van der Waals surface area contributed by atoms with E-state index in [0.717, 1.165) is 19.3 Å². The Kier molecular flexibility index (Phi) is 5.58. The van der Waals surface area contributed by atoms with Crippen molar-refractivity contribution in [1.29, 1.82) is 0 Å². The molecule has 7 nitrogen and oxygen atoms in total. The maximum absolute atomic E-state index is 12.4. The van der Waals surface area contributed by atoms with Gasteiger partial charge in [0.1, 0.15) is 11.9 Å². The highest BCUT2D eigenvalue weighted by atomic mass is 35.5. The van der Waals surface area contributed by atoms with Gasteiger partial charge in [0.15, 0.2) is 6.61 Å². The Morgan fingerprint density at radius 2 is 2.08 bits per heavy atom. The first kappa shape index (κ1) is 18.0. The molecular formula is C18H17ClN2O5. The van der Waals surface area contributed by atoms with E-state index in [2.05, 4.69) is 10.3 Å². The van der Waals surface area contributed by atoms with Crippen LogP contribution in [0.3, 0.4) is 0 Å². The van der Waals surface area contributed by atoms with E-state index in [4.69, 9.17) is 26.2 Å². The Morgan fingerprint density at radius 3 is 2.73 bits per heavy atom. The van der Waals surface area contributed by atoms with Gasteiger partial charge in [-0.1, -0.05) is 11.6 Å². The fourth-order valence-electron chi connectivity index (χ4n) is 2.31. The highest BCUT2D eigenvalue weighted by Gasteiger charge is 2.20. The quantitative estimate of drug-likeness (QED) is 0.768. The van der Waals surface area contributed by atoms with Crippen LogP contribution in [0.25, 0.3) is 0 Å². The van der Waals surface area contributed by atoms with Crippen molar-refractivity contribution in [2.24, 2.45) is 0 Å². The van der Waals surface area contributed by atoms with Gasteiger partial charge in [0.25, 0.3) is 5.91 Å². The summed E-state index contributed by atoms with van der Waals surface area (Å²) >= 11 is 6.05. The van der Waals surface area contributed by atoms with Crippen LogP contribution in [0.15, 0.2) is 36.5 Å². The maximum atomic E-state index is 12.4. The predicted molar refractivity (Wildman–Crippen MR) is 95.0 cm³/mol. The lowest BCUT2D eigenvalue weighted by atomic mass is 9.96. The van der Waals surface area contributed by atoms with E-state index in [1.165, 1.54) is 18.3 Å². The molecule has 0 bridgehead atoms. The molecule has 1 aromatic carbocycles. The van der Waals surface area contributed by atoms with Crippen LogP contribution in [0, 0.1) is 0 Å². The second-order valence-electron chi connectivity index (χ2n) is 5.84. The predicted octanol–water partition coefficient (Wildman–Crippen LogP) is 3.38. The zero-order valence-corrected chi connectivity index (χ0v) is 14.5. The Balaban J connectivity index is 1.64. The van der Waals surface area contributed by atoms with Gasteiger partial charge in [-0.25, -0.2) is 9.78 Å². The smallest absolute Gasteiger partial charge is 0.341 e. The van der Waals surface area contributed by atoms with Crippen molar-refractivity contribution >= 4 is 29.2 Å². The topological polar surface area (TPSA) is 97.8 Å². The zero-order chi connectivity index (χ0) is 18.5. The van der Waals surface area contributed by atoms with E-state index >= 15 is 0 Å². The number of carbonyl (C=O) groups excluding carboxylic acids is 1. The molecule has 1 saturated carbocycles. The fourth-order valence-corrected chi connectivity index (χ4v) is 2.55. The molecule has 1 heterocycles. The van der Waals surface area contributed by atoms with E-state index in [-0.39, 0.29) is 22.8 Å². The molecule has 0 aliphatic heterocycles. The molecule has 0 saturated heterocycles. The Morgan fingerprint density at radius 1 is 1.27 bits per heavy atom. The van der Waals surface area contributed by atoms with Crippen LogP contribution in [-0.4, -0.2) is 34.7 Å². The third-order valence-electron chi connectivity index (χ3n) is 3.88. The van der Waals surface area contributed by atoms with Gasteiger partial charge < -0.3 is 19.9 Å². The molecule has 1 aliphatic carbocycles. The number of nitrogens with one attached hydrogen (secondary N) is 1. The monoisotopic (exact) mass is 376 g/mol. The molecule has 0 spiro atoms. The number of hydrogen-bond acceptors (Lipinski definition) is 5. The van der Waals surface area contributed by atoms with Gasteiger partial charge in [0.05, 0.1) is 5.02 Å². The summed E-state index contributed by atoms with van der Waals surface area (Å²) in [5.74, 6) is -0.776.